The fourth-order valence-electron chi connectivity index (χ4n) is 1.39. The molecule has 11 heavy (non-hydrogen) atoms. The molecule has 0 aliphatic carbocycles. The number of rotatable bonds is 3. The lowest BCUT2D eigenvalue weighted by Gasteiger charge is -2.12. The van der Waals surface area contributed by atoms with Gasteiger partial charge in [-0.2, -0.15) is 0 Å². The topological polar surface area (TPSA) is 21.3 Å². The monoisotopic (exact) mass is 157 g/mol. The molecular weight excluding hydrogens is 138 g/mol. The molecule has 0 spiro atoms. The van der Waals surface area contributed by atoms with Crippen LogP contribution in [0.4, 0.5) is 0 Å². The molecule has 0 bridgehead atoms. The van der Waals surface area contributed by atoms with E-state index in [9.17, 15) is 0 Å². The summed E-state index contributed by atoms with van der Waals surface area (Å²) in [5, 5.41) is 3.45. The van der Waals surface area contributed by atoms with E-state index in [-0.39, 0.29) is 0 Å². The van der Waals surface area contributed by atoms with E-state index in [1.165, 1.54) is 6.42 Å². The molecule has 1 aliphatic heterocycles. The molecule has 2 heteroatoms. The highest BCUT2D eigenvalue weighted by Gasteiger charge is 2.22. The molecule has 66 valence electrons. The molecule has 2 atom stereocenters. The summed E-state index contributed by atoms with van der Waals surface area (Å²) in [6.45, 7) is 7.54. The quantitative estimate of drug-likeness (QED) is 0.674. The Labute approximate surface area is 69.3 Å². The molecule has 0 radical (unpaired) electrons. The highest BCUT2D eigenvalue weighted by Crippen LogP contribution is 2.13. The third-order valence-electron chi connectivity index (χ3n) is 2.10. The van der Waals surface area contributed by atoms with Gasteiger partial charge in [0.1, 0.15) is 6.23 Å². The van der Waals surface area contributed by atoms with Gasteiger partial charge in [-0.05, 0) is 18.8 Å². The summed E-state index contributed by atoms with van der Waals surface area (Å²) < 4.78 is 5.56. The first-order chi connectivity index (χ1) is 5.22. The van der Waals surface area contributed by atoms with Crippen LogP contribution in [0.25, 0.3) is 0 Å². The van der Waals surface area contributed by atoms with Crippen LogP contribution in [-0.4, -0.2) is 18.9 Å². The van der Waals surface area contributed by atoms with E-state index in [1.807, 2.05) is 0 Å². The Kier molecular flexibility index (Phi) is 3.34. The lowest BCUT2D eigenvalue weighted by molar-refractivity contribution is 0.0830. The van der Waals surface area contributed by atoms with Crippen LogP contribution in [0.2, 0.25) is 0 Å². The first-order valence-corrected chi connectivity index (χ1v) is 4.60. The molecule has 1 fully saturated rings. The second-order valence-corrected chi connectivity index (χ2v) is 3.72. The molecule has 1 rings (SSSR count). The Hall–Kier alpha value is -0.0800. The van der Waals surface area contributed by atoms with Gasteiger partial charge in [0.15, 0.2) is 0 Å². The van der Waals surface area contributed by atoms with Crippen LogP contribution in [0.5, 0.6) is 0 Å². The van der Waals surface area contributed by atoms with Crippen LogP contribution in [0.15, 0.2) is 0 Å². The van der Waals surface area contributed by atoms with Crippen molar-refractivity contribution in [3.63, 3.8) is 0 Å². The molecular formula is C9H19NO. The summed E-state index contributed by atoms with van der Waals surface area (Å²) in [5.41, 5.74) is 0. The smallest absolute Gasteiger partial charge is 0.108 e. The van der Waals surface area contributed by atoms with Crippen molar-refractivity contribution in [1.29, 1.82) is 0 Å². The number of nitrogens with one attached hydrogen (secondary N) is 1. The normalized spacial score (nSPS) is 31.6. The van der Waals surface area contributed by atoms with Gasteiger partial charge in [0.05, 0.1) is 6.61 Å². The zero-order valence-electron chi connectivity index (χ0n) is 7.76. The van der Waals surface area contributed by atoms with Crippen LogP contribution in [-0.2, 0) is 4.74 Å². The molecule has 2 unspecified atom stereocenters. The van der Waals surface area contributed by atoms with Gasteiger partial charge < -0.3 is 4.74 Å². The summed E-state index contributed by atoms with van der Waals surface area (Å²) in [4.78, 5) is 0. The summed E-state index contributed by atoms with van der Waals surface area (Å²) in [5.74, 6) is 0.725. The van der Waals surface area contributed by atoms with E-state index in [4.69, 9.17) is 4.74 Å². The molecule has 2 nitrogen and oxygen atoms in total. The molecule has 0 aromatic heterocycles. The first-order valence-electron chi connectivity index (χ1n) is 4.60. The Morgan fingerprint density at radius 1 is 1.55 bits per heavy atom. The van der Waals surface area contributed by atoms with Crippen molar-refractivity contribution in [2.75, 3.05) is 6.61 Å². The Bertz CT molecular complexity index is 114. The van der Waals surface area contributed by atoms with E-state index >= 15 is 0 Å². The van der Waals surface area contributed by atoms with E-state index in [0.717, 1.165) is 18.9 Å². The zero-order valence-corrected chi connectivity index (χ0v) is 7.76. The van der Waals surface area contributed by atoms with Gasteiger partial charge in [0, 0.05) is 6.04 Å². The van der Waals surface area contributed by atoms with E-state index in [2.05, 4.69) is 26.1 Å². The highest BCUT2D eigenvalue weighted by atomic mass is 16.5. The van der Waals surface area contributed by atoms with Crippen LogP contribution in [0, 0.1) is 5.92 Å². The maximum absolute atomic E-state index is 5.56. The predicted octanol–water partition coefficient (Wildman–Crippen LogP) is 1.76. The highest BCUT2D eigenvalue weighted by molar-refractivity contribution is 4.74. The Morgan fingerprint density at radius 3 is 2.73 bits per heavy atom. The van der Waals surface area contributed by atoms with Gasteiger partial charge in [0.2, 0.25) is 0 Å². The molecule has 1 heterocycles. The minimum atomic E-state index is 0.319. The van der Waals surface area contributed by atoms with Crippen molar-refractivity contribution in [3.05, 3.63) is 0 Å². The van der Waals surface area contributed by atoms with Crippen LogP contribution < -0.4 is 5.32 Å². The minimum Gasteiger partial charge on any atom is -0.362 e. The molecule has 0 aromatic carbocycles. The third kappa shape index (κ3) is 2.80. The minimum absolute atomic E-state index is 0.319. The predicted molar refractivity (Wildman–Crippen MR) is 46.4 cm³/mol. The van der Waals surface area contributed by atoms with E-state index in [1.54, 1.807) is 0 Å². The average molecular weight is 157 g/mol. The maximum atomic E-state index is 5.56. The molecule has 1 N–H and O–H groups in total. The Balaban J connectivity index is 2.19. The lowest BCUT2D eigenvalue weighted by Crippen LogP contribution is -2.30. The van der Waals surface area contributed by atoms with Crippen molar-refractivity contribution >= 4 is 0 Å². The van der Waals surface area contributed by atoms with Gasteiger partial charge in [-0.3, -0.25) is 5.32 Å². The SMILES string of the molecule is CCC1COC(CC(C)C)N1. The first kappa shape index (κ1) is 9.01. The molecule has 0 aromatic rings. The number of ether oxygens (including phenoxy) is 1. The summed E-state index contributed by atoms with van der Waals surface area (Å²) in [6.07, 6.45) is 2.63. The molecule has 0 saturated carbocycles. The Morgan fingerprint density at radius 2 is 2.27 bits per heavy atom. The average Bonchev–Trinajstić information content (AvgIpc) is 2.34. The van der Waals surface area contributed by atoms with E-state index in [0.29, 0.717) is 12.3 Å². The second kappa shape index (κ2) is 4.07. The summed E-state index contributed by atoms with van der Waals surface area (Å²) in [6, 6.07) is 0.596. The standard InChI is InChI=1S/C9H19NO/c1-4-8-6-11-9(10-8)5-7(2)3/h7-10H,4-6H2,1-3H3. The summed E-state index contributed by atoms with van der Waals surface area (Å²) in [7, 11) is 0. The van der Waals surface area contributed by atoms with Gasteiger partial charge >= 0.3 is 0 Å². The van der Waals surface area contributed by atoms with E-state index < -0.39 is 0 Å². The van der Waals surface area contributed by atoms with Crippen LogP contribution in [0.1, 0.15) is 33.6 Å². The summed E-state index contributed by atoms with van der Waals surface area (Å²) >= 11 is 0. The molecule has 1 saturated heterocycles. The largest absolute Gasteiger partial charge is 0.362 e. The lowest BCUT2D eigenvalue weighted by atomic mass is 10.1. The number of hydrogen-bond donors (Lipinski definition) is 1. The van der Waals surface area contributed by atoms with Gasteiger partial charge in [0.25, 0.3) is 0 Å². The fraction of sp³-hybridized carbons (Fsp3) is 1.00. The maximum Gasteiger partial charge on any atom is 0.108 e. The van der Waals surface area contributed by atoms with Crippen molar-refractivity contribution in [2.24, 2.45) is 5.92 Å². The van der Waals surface area contributed by atoms with Crippen molar-refractivity contribution in [3.8, 4) is 0 Å². The van der Waals surface area contributed by atoms with Crippen molar-refractivity contribution < 1.29 is 4.74 Å². The van der Waals surface area contributed by atoms with Crippen molar-refractivity contribution in [1.82, 2.24) is 5.32 Å². The fourth-order valence-corrected chi connectivity index (χ4v) is 1.39. The van der Waals surface area contributed by atoms with Crippen LogP contribution >= 0.6 is 0 Å². The van der Waals surface area contributed by atoms with Gasteiger partial charge in [-0.1, -0.05) is 20.8 Å². The molecule has 1 aliphatic rings. The third-order valence-corrected chi connectivity index (χ3v) is 2.10. The van der Waals surface area contributed by atoms with Crippen molar-refractivity contribution in [2.45, 2.75) is 45.9 Å². The van der Waals surface area contributed by atoms with Crippen LogP contribution in [0.3, 0.4) is 0 Å². The second-order valence-electron chi connectivity index (χ2n) is 3.72. The van der Waals surface area contributed by atoms with Gasteiger partial charge in [-0.15, -0.1) is 0 Å². The van der Waals surface area contributed by atoms with Gasteiger partial charge in [-0.25, -0.2) is 0 Å². The zero-order chi connectivity index (χ0) is 8.27. The number of hydrogen-bond acceptors (Lipinski definition) is 2. The molecule has 0 amide bonds.